The Bertz CT molecular complexity index is 504. The van der Waals surface area contributed by atoms with E-state index in [1.165, 1.54) is 16.9 Å². The molecule has 0 fully saturated rings. The SMILES string of the molecule is COCCc1ccc(C(O)c2cc(OC)cs2)cc1. The molecule has 0 aliphatic carbocycles. The largest absolute Gasteiger partial charge is 0.496 e. The molecule has 0 amide bonds. The van der Waals surface area contributed by atoms with Crippen molar-refractivity contribution in [3.8, 4) is 5.75 Å². The van der Waals surface area contributed by atoms with E-state index < -0.39 is 6.10 Å². The van der Waals surface area contributed by atoms with Gasteiger partial charge in [0.25, 0.3) is 0 Å². The predicted octanol–water partition coefficient (Wildman–Crippen LogP) is 3.03. The summed E-state index contributed by atoms with van der Waals surface area (Å²) in [5.74, 6) is 0.788. The minimum atomic E-state index is -0.592. The smallest absolute Gasteiger partial charge is 0.129 e. The van der Waals surface area contributed by atoms with Crippen molar-refractivity contribution >= 4 is 11.3 Å². The maximum Gasteiger partial charge on any atom is 0.129 e. The Labute approximate surface area is 117 Å². The number of rotatable bonds is 6. The molecule has 19 heavy (non-hydrogen) atoms. The highest BCUT2D eigenvalue weighted by Crippen LogP contribution is 2.30. The molecule has 1 unspecified atom stereocenters. The highest BCUT2D eigenvalue weighted by atomic mass is 32.1. The van der Waals surface area contributed by atoms with Crippen LogP contribution in [0.25, 0.3) is 0 Å². The monoisotopic (exact) mass is 278 g/mol. The number of hydrogen-bond acceptors (Lipinski definition) is 4. The van der Waals surface area contributed by atoms with Gasteiger partial charge in [0.1, 0.15) is 11.9 Å². The van der Waals surface area contributed by atoms with Crippen molar-refractivity contribution in [1.82, 2.24) is 0 Å². The van der Waals surface area contributed by atoms with E-state index in [0.29, 0.717) is 6.61 Å². The van der Waals surface area contributed by atoms with Crippen LogP contribution in [0.15, 0.2) is 35.7 Å². The fourth-order valence-electron chi connectivity index (χ4n) is 1.84. The highest BCUT2D eigenvalue weighted by molar-refractivity contribution is 7.10. The van der Waals surface area contributed by atoms with Gasteiger partial charge < -0.3 is 14.6 Å². The Kier molecular flexibility index (Phi) is 4.96. The van der Waals surface area contributed by atoms with Crippen molar-refractivity contribution in [2.75, 3.05) is 20.8 Å². The standard InChI is InChI=1S/C15H18O3S/c1-17-8-7-11-3-5-12(6-4-11)15(16)14-9-13(18-2)10-19-14/h3-6,9-10,15-16H,7-8H2,1-2H3. The van der Waals surface area contributed by atoms with Crippen LogP contribution in [0.5, 0.6) is 5.75 Å². The molecule has 1 atom stereocenters. The molecule has 3 nitrogen and oxygen atoms in total. The van der Waals surface area contributed by atoms with Gasteiger partial charge in [-0.3, -0.25) is 0 Å². The Balaban J connectivity index is 2.08. The summed E-state index contributed by atoms with van der Waals surface area (Å²) >= 11 is 1.50. The van der Waals surface area contributed by atoms with E-state index in [1.807, 2.05) is 35.7 Å². The lowest BCUT2D eigenvalue weighted by molar-refractivity contribution is 0.202. The molecule has 4 heteroatoms. The molecule has 102 valence electrons. The zero-order valence-corrected chi connectivity index (χ0v) is 11.9. The highest BCUT2D eigenvalue weighted by Gasteiger charge is 2.13. The first kappa shape index (κ1) is 14.1. The van der Waals surface area contributed by atoms with Gasteiger partial charge in [-0.15, -0.1) is 11.3 Å². The second kappa shape index (κ2) is 6.70. The van der Waals surface area contributed by atoms with Gasteiger partial charge in [-0.05, 0) is 23.6 Å². The van der Waals surface area contributed by atoms with E-state index in [2.05, 4.69) is 0 Å². The maximum absolute atomic E-state index is 10.3. The maximum atomic E-state index is 10.3. The summed E-state index contributed by atoms with van der Waals surface area (Å²) in [5.41, 5.74) is 2.10. The molecule has 0 radical (unpaired) electrons. The average Bonchev–Trinajstić information content (AvgIpc) is 2.94. The van der Waals surface area contributed by atoms with E-state index in [9.17, 15) is 5.11 Å². The number of thiophene rings is 1. The quantitative estimate of drug-likeness (QED) is 0.882. The van der Waals surface area contributed by atoms with Gasteiger partial charge in [0, 0.05) is 17.4 Å². The summed E-state index contributed by atoms with van der Waals surface area (Å²) in [4.78, 5) is 0.890. The predicted molar refractivity (Wildman–Crippen MR) is 77.0 cm³/mol. The first-order valence-electron chi connectivity index (χ1n) is 6.13. The summed E-state index contributed by atoms with van der Waals surface area (Å²) in [5, 5.41) is 12.2. The van der Waals surface area contributed by atoms with E-state index in [1.54, 1.807) is 14.2 Å². The number of methoxy groups -OCH3 is 2. The molecule has 1 aromatic heterocycles. The number of aliphatic hydroxyl groups is 1. The average molecular weight is 278 g/mol. The minimum Gasteiger partial charge on any atom is -0.496 e. The third-order valence-corrected chi connectivity index (χ3v) is 3.95. The molecule has 0 aliphatic rings. The first-order chi connectivity index (χ1) is 9.24. The molecule has 0 saturated carbocycles. The van der Waals surface area contributed by atoms with Gasteiger partial charge in [-0.25, -0.2) is 0 Å². The lowest BCUT2D eigenvalue weighted by Crippen LogP contribution is -1.99. The second-order valence-corrected chi connectivity index (χ2v) is 5.22. The molecule has 0 saturated heterocycles. The summed E-state index contributed by atoms with van der Waals surface area (Å²) in [6.07, 6.45) is 0.296. The zero-order valence-electron chi connectivity index (χ0n) is 11.1. The molecule has 2 aromatic rings. The van der Waals surface area contributed by atoms with E-state index in [-0.39, 0.29) is 0 Å². The molecule has 0 aliphatic heterocycles. The van der Waals surface area contributed by atoms with Crippen LogP contribution in [0, 0.1) is 0 Å². The van der Waals surface area contributed by atoms with Crippen molar-refractivity contribution < 1.29 is 14.6 Å². The number of hydrogen-bond donors (Lipinski definition) is 1. The van der Waals surface area contributed by atoms with E-state index in [4.69, 9.17) is 9.47 Å². The van der Waals surface area contributed by atoms with Gasteiger partial charge in [-0.2, -0.15) is 0 Å². The van der Waals surface area contributed by atoms with Crippen LogP contribution in [0.1, 0.15) is 22.1 Å². The molecular formula is C15H18O3S. The lowest BCUT2D eigenvalue weighted by atomic mass is 10.0. The summed E-state index contributed by atoms with van der Waals surface area (Å²) in [6, 6.07) is 9.85. The number of ether oxygens (including phenoxy) is 2. The Morgan fingerprint density at radius 1 is 1.21 bits per heavy atom. The normalized spacial score (nSPS) is 12.4. The van der Waals surface area contributed by atoms with Crippen LogP contribution in [-0.2, 0) is 11.2 Å². The fraction of sp³-hybridized carbons (Fsp3) is 0.333. The van der Waals surface area contributed by atoms with Crippen molar-refractivity contribution in [3.05, 3.63) is 51.7 Å². The van der Waals surface area contributed by atoms with E-state index in [0.717, 1.165) is 22.6 Å². The van der Waals surface area contributed by atoms with Crippen LogP contribution < -0.4 is 4.74 Å². The van der Waals surface area contributed by atoms with Crippen molar-refractivity contribution in [2.24, 2.45) is 0 Å². The van der Waals surface area contributed by atoms with Crippen LogP contribution in [-0.4, -0.2) is 25.9 Å². The molecule has 0 bridgehead atoms. The van der Waals surface area contributed by atoms with Gasteiger partial charge >= 0.3 is 0 Å². The summed E-state index contributed by atoms with van der Waals surface area (Å²) in [6.45, 7) is 0.712. The molecule has 1 heterocycles. The van der Waals surface area contributed by atoms with Crippen molar-refractivity contribution in [3.63, 3.8) is 0 Å². The third kappa shape index (κ3) is 3.56. The topological polar surface area (TPSA) is 38.7 Å². The Morgan fingerprint density at radius 3 is 2.53 bits per heavy atom. The van der Waals surface area contributed by atoms with Crippen LogP contribution in [0.2, 0.25) is 0 Å². The van der Waals surface area contributed by atoms with Gasteiger partial charge in [-0.1, -0.05) is 24.3 Å². The molecular weight excluding hydrogens is 260 g/mol. The second-order valence-electron chi connectivity index (χ2n) is 4.28. The van der Waals surface area contributed by atoms with Gasteiger partial charge in [0.05, 0.1) is 13.7 Å². The number of benzene rings is 1. The van der Waals surface area contributed by atoms with Crippen molar-refractivity contribution in [2.45, 2.75) is 12.5 Å². The molecule has 0 spiro atoms. The Morgan fingerprint density at radius 2 is 1.95 bits per heavy atom. The minimum absolute atomic E-state index is 0.592. The lowest BCUT2D eigenvalue weighted by Gasteiger charge is -2.09. The molecule has 1 N–H and O–H groups in total. The van der Waals surface area contributed by atoms with Crippen LogP contribution in [0.4, 0.5) is 0 Å². The Hall–Kier alpha value is -1.36. The van der Waals surface area contributed by atoms with Gasteiger partial charge in [0.2, 0.25) is 0 Å². The molecule has 2 rings (SSSR count). The fourth-order valence-corrected chi connectivity index (χ4v) is 2.70. The first-order valence-corrected chi connectivity index (χ1v) is 7.01. The third-order valence-electron chi connectivity index (χ3n) is 2.99. The van der Waals surface area contributed by atoms with Gasteiger partial charge in [0.15, 0.2) is 0 Å². The summed E-state index contributed by atoms with van der Waals surface area (Å²) < 4.78 is 10.2. The van der Waals surface area contributed by atoms with Crippen LogP contribution >= 0.6 is 11.3 Å². The zero-order chi connectivity index (χ0) is 13.7. The van der Waals surface area contributed by atoms with E-state index >= 15 is 0 Å². The molecule has 1 aromatic carbocycles. The van der Waals surface area contributed by atoms with Crippen LogP contribution in [0.3, 0.4) is 0 Å². The number of aliphatic hydroxyl groups excluding tert-OH is 1. The summed E-state index contributed by atoms with van der Waals surface area (Å²) in [7, 11) is 3.32. The van der Waals surface area contributed by atoms with Crippen molar-refractivity contribution in [1.29, 1.82) is 0 Å².